The van der Waals surface area contributed by atoms with E-state index in [1.54, 1.807) is 18.2 Å². The molecule has 2 rings (SSSR count). The maximum absolute atomic E-state index is 12.4. The molecule has 1 saturated heterocycles. The molecule has 0 aromatic heterocycles. The van der Waals surface area contributed by atoms with Gasteiger partial charge >= 0.3 is 0 Å². The van der Waals surface area contributed by atoms with Crippen LogP contribution in [0, 0.1) is 5.92 Å². The molecule has 2 N–H and O–H groups in total. The largest absolute Gasteiger partial charge is 0.326 e. The SMILES string of the molecule is CC1CCN(S(=O)(=O)c2ccc(CN)cc2Cl)C1. The van der Waals surface area contributed by atoms with E-state index in [1.807, 2.05) is 0 Å². The van der Waals surface area contributed by atoms with Crippen molar-refractivity contribution in [1.82, 2.24) is 4.31 Å². The minimum atomic E-state index is -3.47. The van der Waals surface area contributed by atoms with E-state index in [-0.39, 0.29) is 9.92 Å². The number of nitrogens with zero attached hydrogens (tertiary/aromatic N) is 1. The number of halogens is 1. The third-order valence-corrected chi connectivity index (χ3v) is 5.58. The van der Waals surface area contributed by atoms with Crippen molar-refractivity contribution in [3.63, 3.8) is 0 Å². The molecule has 18 heavy (non-hydrogen) atoms. The molecule has 0 amide bonds. The van der Waals surface area contributed by atoms with E-state index in [0.717, 1.165) is 12.0 Å². The van der Waals surface area contributed by atoms with Crippen molar-refractivity contribution >= 4 is 21.6 Å². The summed E-state index contributed by atoms with van der Waals surface area (Å²) in [6, 6.07) is 4.87. The maximum Gasteiger partial charge on any atom is 0.244 e. The summed E-state index contributed by atoms with van der Waals surface area (Å²) in [5.41, 5.74) is 6.33. The Morgan fingerprint density at radius 1 is 1.50 bits per heavy atom. The van der Waals surface area contributed by atoms with Crippen LogP contribution >= 0.6 is 11.6 Å². The van der Waals surface area contributed by atoms with Crippen LogP contribution < -0.4 is 5.73 Å². The number of hydrogen-bond donors (Lipinski definition) is 1. The molecule has 0 bridgehead atoms. The Labute approximate surface area is 113 Å². The summed E-state index contributed by atoms with van der Waals surface area (Å²) in [6.45, 7) is 3.53. The smallest absolute Gasteiger partial charge is 0.244 e. The van der Waals surface area contributed by atoms with Gasteiger partial charge < -0.3 is 5.73 Å². The second kappa shape index (κ2) is 5.17. The van der Waals surface area contributed by atoms with Gasteiger partial charge in [-0.25, -0.2) is 8.42 Å². The van der Waals surface area contributed by atoms with Crippen LogP contribution in [0.15, 0.2) is 23.1 Å². The quantitative estimate of drug-likeness (QED) is 0.923. The van der Waals surface area contributed by atoms with E-state index in [2.05, 4.69) is 6.92 Å². The molecule has 1 aromatic carbocycles. The van der Waals surface area contributed by atoms with Crippen LogP contribution in [0.5, 0.6) is 0 Å². The topological polar surface area (TPSA) is 63.4 Å². The van der Waals surface area contributed by atoms with Gasteiger partial charge in [-0.3, -0.25) is 0 Å². The normalized spacial score (nSPS) is 21.4. The third kappa shape index (κ3) is 2.54. The lowest BCUT2D eigenvalue weighted by atomic mass is 10.2. The van der Waals surface area contributed by atoms with Crippen molar-refractivity contribution in [2.45, 2.75) is 24.8 Å². The lowest BCUT2D eigenvalue weighted by Gasteiger charge is -2.17. The van der Waals surface area contributed by atoms with Crippen molar-refractivity contribution in [3.8, 4) is 0 Å². The zero-order valence-corrected chi connectivity index (χ0v) is 11.8. The average Bonchev–Trinajstić information content (AvgIpc) is 2.76. The molecule has 1 aliphatic rings. The Hall–Kier alpha value is -0.620. The molecular weight excluding hydrogens is 272 g/mol. The van der Waals surface area contributed by atoms with Crippen molar-refractivity contribution in [2.24, 2.45) is 11.7 Å². The molecular formula is C12H17ClN2O2S. The number of rotatable bonds is 3. The Morgan fingerprint density at radius 2 is 2.22 bits per heavy atom. The molecule has 1 unspecified atom stereocenters. The highest BCUT2D eigenvalue weighted by Gasteiger charge is 2.31. The van der Waals surface area contributed by atoms with Crippen LogP contribution in [0.4, 0.5) is 0 Å². The van der Waals surface area contributed by atoms with E-state index < -0.39 is 10.0 Å². The summed E-state index contributed by atoms with van der Waals surface area (Å²) in [5, 5.41) is 0.248. The third-order valence-electron chi connectivity index (χ3n) is 3.24. The minimum Gasteiger partial charge on any atom is -0.326 e. The van der Waals surface area contributed by atoms with Crippen molar-refractivity contribution in [1.29, 1.82) is 0 Å². The first-order valence-electron chi connectivity index (χ1n) is 5.94. The lowest BCUT2D eigenvalue weighted by Crippen LogP contribution is -2.28. The molecule has 0 radical (unpaired) electrons. The van der Waals surface area contributed by atoms with Gasteiger partial charge in [0, 0.05) is 19.6 Å². The van der Waals surface area contributed by atoms with Gasteiger partial charge in [0.2, 0.25) is 10.0 Å². The fourth-order valence-electron chi connectivity index (χ4n) is 2.13. The minimum absolute atomic E-state index is 0.176. The first-order chi connectivity index (χ1) is 8.45. The Balaban J connectivity index is 2.36. The van der Waals surface area contributed by atoms with Gasteiger partial charge in [-0.2, -0.15) is 4.31 Å². The summed E-state index contributed by atoms with van der Waals surface area (Å²) in [5.74, 6) is 0.405. The molecule has 4 nitrogen and oxygen atoms in total. The summed E-state index contributed by atoms with van der Waals surface area (Å²) in [7, 11) is -3.47. The van der Waals surface area contributed by atoms with E-state index >= 15 is 0 Å². The highest BCUT2D eigenvalue weighted by atomic mass is 35.5. The summed E-state index contributed by atoms with van der Waals surface area (Å²) in [6.07, 6.45) is 0.901. The number of benzene rings is 1. The number of nitrogens with two attached hydrogens (primary N) is 1. The van der Waals surface area contributed by atoms with Crippen LogP contribution in [0.25, 0.3) is 0 Å². The van der Waals surface area contributed by atoms with Gasteiger partial charge in [0.15, 0.2) is 0 Å². The molecule has 1 aliphatic heterocycles. The second-order valence-corrected chi connectivity index (χ2v) is 7.04. The molecule has 0 spiro atoms. The highest BCUT2D eigenvalue weighted by Crippen LogP contribution is 2.29. The van der Waals surface area contributed by atoms with E-state index in [0.29, 0.717) is 25.6 Å². The van der Waals surface area contributed by atoms with Gasteiger partial charge in [0.05, 0.1) is 5.02 Å². The monoisotopic (exact) mass is 288 g/mol. The molecule has 1 fully saturated rings. The fourth-order valence-corrected chi connectivity index (χ4v) is 4.25. The standard InChI is InChI=1S/C12H17ClN2O2S/c1-9-4-5-15(8-9)18(16,17)12-3-2-10(7-14)6-11(12)13/h2-3,6,9H,4-5,7-8,14H2,1H3. The van der Waals surface area contributed by atoms with Gasteiger partial charge in [-0.1, -0.05) is 24.6 Å². The zero-order chi connectivity index (χ0) is 13.3. The van der Waals surface area contributed by atoms with Crippen LogP contribution in [-0.4, -0.2) is 25.8 Å². The Morgan fingerprint density at radius 3 is 2.72 bits per heavy atom. The molecule has 6 heteroatoms. The predicted octanol–water partition coefficient (Wildman–Crippen LogP) is 1.83. The predicted molar refractivity (Wildman–Crippen MR) is 71.9 cm³/mol. The molecule has 1 aromatic rings. The molecule has 1 heterocycles. The summed E-state index contributed by atoms with van der Waals surface area (Å²) in [4.78, 5) is 0.176. The van der Waals surface area contributed by atoms with Crippen molar-refractivity contribution in [2.75, 3.05) is 13.1 Å². The van der Waals surface area contributed by atoms with Gasteiger partial charge in [-0.05, 0) is 30.0 Å². The average molecular weight is 289 g/mol. The second-order valence-electron chi connectivity index (χ2n) is 4.73. The lowest BCUT2D eigenvalue weighted by molar-refractivity contribution is 0.464. The summed E-state index contributed by atoms with van der Waals surface area (Å²) < 4.78 is 26.3. The van der Waals surface area contributed by atoms with Crippen molar-refractivity contribution in [3.05, 3.63) is 28.8 Å². The first kappa shape index (κ1) is 13.8. The Kier molecular flexibility index (Phi) is 3.96. The van der Waals surface area contributed by atoms with Gasteiger partial charge in [-0.15, -0.1) is 0 Å². The van der Waals surface area contributed by atoms with Crippen LogP contribution in [0.3, 0.4) is 0 Å². The Bertz CT molecular complexity index is 545. The molecule has 0 aliphatic carbocycles. The van der Waals surface area contributed by atoms with Gasteiger partial charge in [0.1, 0.15) is 4.90 Å². The number of sulfonamides is 1. The fraction of sp³-hybridized carbons (Fsp3) is 0.500. The number of hydrogen-bond acceptors (Lipinski definition) is 3. The maximum atomic E-state index is 12.4. The zero-order valence-electron chi connectivity index (χ0n) is 10.3. The van der Waals surface area contributed by atoms with Crippen LogP contribution in [0.2, 0.25) is 5.02 Å². The summed E-state index contributed by atoms with van der Waals surface area (Å²) >= 11 is 6.05. The van der Waals surface area contributed by atoms with E-state index in [1.165, 1.54) is 4.31 Å². The first-order valence-corrected chi connectivity index (χ1v) is 7.75. The van der Waals surface area contributed by atoms with Gasteiger partial charge in [0.25, 0.3) is 0 Å². The molecule has 1 atom stereocenters. The van der Waals surface area contributed by atoms with Crippen molar-refractivity contribution < 1.29 is 8.42 Å². The molecule has 0 saturated carbocycles. The van der Waals surface area contributed by atoms with E-state index in [4.69, 9.17) is 17.3 Å². The van der Waals surface area contributed by atoms with E-state index in [9.17, 15) is 8.42 Å². The van der Waals surface area contributed by atoms with Crippen LogP contribution in [0.1, 0.15) is 18.9 Å². The molecule has 100 valence electrons. The highest BCUT2D eigenvalue weighted by molar-refractivity contribution is 7.89. The van der Waals surface area contributed by atoms with Crippen LogP contribution in [-0.2, 0) is 16.6 Å².